The average molecular weight is 490 g/mol. The fourth-order valence-electron chi connectivity index (χ4n) is 4.73. The fraction of sp³-hybridized carbons (Fsp3) is 0.310. The summed E-state index contributed by atoms with van der Waals surface area (Å²) in [5, 5.41) is 10.2. The number of phenols is 1. The third-order valence-corrected chi connectivity index (χ3v) is 6.57. The second kappa shape index (κ2) is 12.1. The van der Waals surface area contributed by atoms with Crippen molar-refractivity contribution >= 4 is 29.7 Å². The first kappa shape index (κ1) is 26.5. The van der Waals surface area contributed by atoms with Crippen molar-refractivity contribution in [1.29, 1.82) is 0 Å². The Hall–Kier alpha value is -3.06. The molecule has 3 aromatic rings. The zero-order valence-electron chi connectivity index (χ0n) is 21.0. The van der Waals surface area contributed by atoms with Gasteiger partial charge in [0.15, 0.2) is 0 Å². The van der Waals surface area contributed by atoms with Crippen molar-refractivity contribution in [3.63, 3.8) is 0 Å². The molecule has 3 aromatic carbocycles. The molecule has 1 aliphatic heterocycles. The Morgan fingerprint density at radius 1 is 1.03 bits per heavy atom. The van der Waals surface area contributed by atoms with E-state index >= 15 is 0 Å². The number of likely N-dealkylation sites (N-methyl/N-ethyl adjacent to an activating group) is 1. The molecule has 1 N–H and O–H groups in total. The molecular weight excluding hydrogens is 454 g/mol. The highest BCUT2D eigenvalue weighted by molar-refractivity contribution is 7.77. The van der Waals surface area contributed by atoms with Gasteiger partial charge in [-0.05, 0) is 74.3 Å². The zero-order chi connectivity index (χ0) is 25.5. The lowest BCUT2D eigenvalue weighted by Gasteiger charge is -2.43. The molecule has 1 saturated heterocycles. The van der Waals surface area contributed by atoms with Crippen LogP contribution in [0.1, 0.15) is 40.0 Å². The molecule has 1 amide bonds. The lowest BCUT2D eigenvalue weighted by molar-refractivity contribution is 0.0746. The normalized spacial score (nSPS) is 17.2. The number of hydrogen-bond donors (Lipinski definition) is 1. The summed E-state index contributed by atoms with van der Waals surface area (Å²) in [7, 11) is 3.96. The summed E-state index contributed by atoms with van der Waals surface area (Å²) < 4.78 is 0. The minimum Gasteiger partial charge on any atom is -0.508 e. The first-order valence-corrected chi connectivity index (χ1v) is 12.4. The molecule has 0 radical (unpaired) electrons. The van der Waals surface area contributed by atoms with Gasteiger partial charge >= 0.3 is 0 Å². The summed E-state index contributed by atoms with van der Waals surface area (Å²) in [6, 6.07) is 23.7. The summed E-state index contributed by atoms with van der Waals surface area (Å²) in [5.41, 5.74) is 4.77. The number of piperazine rings is 1. The quantitative estimate of drug-likeness (QED) is 0.492. The number of thiocarbonyl (C=S) groups is 1. The predicted octanol–water partition coefficient (Wildman–Crippen LogP) is 5.32. The van der Waals surface area contributed by atoms with Gasteiger partial charge in [0.25, 0.3) is 5.91 Å². The topological polar surface area (TPSA) is 47.0 Å². The lowest BCUT2D eigenvalue weighted by Crippen LogP contribution is -2.51. The van der Waals surface area contributed by atoms with Crippen LogP contribution in [0.3, 0.4) is 0 Å². The number of nitrogens with zero attached hydrogens (tertiary/aromatic N) is 3. The van der Waals surface area contributed by atoms with E-state index in [4.69, 9.17) is 0 Å². The van der Waals surface area contributed by atoms with Crippen LogP contribution >= 0.6 is 12.2 Å². The van der Waals surface area contributed by atoms with Crippen molar-refractivity contribution < 1.29 is 9.90 Å². The Kier molecular flexibility index (Phi) is 9.15. The van der Waals surface area contributed by atoms with E-state index in [1.807, 2.05) is 68.6 Å². The molecule has 0 aliphatic carbocycles. The Labute approximate surface area is 214 Å². The number of phenolic OH excluding ortho intramolecular Hbond substituents is 1. The highest BCUT2D eigenvalue weighted by Gasteiger charge is 2.31. The summed E-state index contributed by atoms with van der Waals surface area (Å²) in [6.45, 7) is 7.15. The van der Waals surface area contributed by atoms with Crippen LogP contribution in [0.4, 0.5) is 5.69 Å². The highest BCUT2D eigenvalue weighted by atomic mass is 32.1. The smallest absolute Gasteiger partial charge is 0.258 e. The third-order valence-electron chi connectivity index (χ3n) is 6.57. The first-order chi connectivity index (χ1) is 16.8. The van der Waals surface area contributed by atoms with Gasteiger partial charge in [-0.3, -0.25) is 9.69 Å². The van der Waals surface area contributed by atoms with E-state index in [-0.39, 0.29) is 17.7 Å². The summed E-state index contributed by atoms with van der Waals surface area (Å²) >= 11 is 3.83. The second-order valence-corrected chi connectivity index (χ2v) is 9.17. The van der Waals surface area contributed by atoms with Gasteiger partial charge in [0.05, 0.1) is 6.04 Å². The largest absolute Gasteiger partial charge is 0.508 e. The van der Waals surface area contributed by atoms with Gasteiger partial charge in [-0.2, -0.15) is 0 Å². The van der Waals surface area contributed by atoms with Gasteiger partial charge in [-0.1, -0.05) is 54.2 Å². The molecule has 4 rings (SSSR count). The van der Waals surface area contributed by atoms with Crippen LogP contribution in [0.5, 0.6) is 5.75 Å². The second-order valence-electron chi connectivity index (χ2n) is 9.17. The van der Waals surface area contributed by atoms with E-state index in [0.717, 1.165) is 42.0 Å². The van der Waals surface area contributed by atoms with Crippen molar-refractivity contribution in [2.75, 3.05) is 38.6 Å². The zero-order valence-corrected chi connectivity index (χ0v) is 21.8. The average Bonchev–Trinajstić information content (AvgIpc) is 2.86. The molecule has 6 heteroatoms. The monoisotopic (exact) mass is 489 g/mol. The van der Waals surface area contributed by atoms with Crippen LogP contribution in [0.15, 0.2) is 72.8 Å². The number of hydrogen-bond acceptors (Lipinski definition) is 5. The standard InChI is InChI=1S/C28H33N3O2.CH2S/c1-20-11-13-25(14-12-20)30(4)28(33)24-9-5-7-22(17-24)27(23-8-6-10-26(32)18-23)31-16-15-29(3)19-21(31)2;1-2/h5-14,17-18,21,27,32H,15-16,19H2,1-4H3;1H2. The van der Waals surface area contributed by atoms with Crippen molar-refractivity contribution in [3.05, 3.63) is 95.1 Å². The molecule has 5 nitrogen and oxygen atoms in total. The lowest BCUT2D eigenvalue weighted by atomic mass is 9.93. The van der Waals surface area contributed by atoms with Crippen LogP contribution in [0, 0.1) is 6.92 Å². The van der Waals surface area contributed by atoms with Crippen LogP contribution < -0.4 is 4.90 Å². The Morgan fingerprint density at radius 2 is 1.66 bits per heavy atom. The van der Waals surface area contributed by atoms with E-state index in [1.54, 1.807) is 11.0 Å². The van der Waals surface area contributed by atoms with Gasteiger partial charge in [0, 0.05) is 44.0 Å². The molecule has 2 atom stereocenters. The van der Waals surface area contributed by atoms with Gasteiger partial charge in [-0.25, -0.2) is 0 Å². The van der Waals surface area contributed by atoms with E-state index in [1.165, 1.54) is 0 Å². The minimum atomic E-state index is -0.0433. The Bertz CT molecular complexity index is 1130. The summed E-state index contributed by atoms with van der Waals surface area (Å²) in [6.07, 6.45) is 0. The maximum Gasteiger partial charge on any atom is 0.258 e. The first-order valence-electron chi connectivity index (χ1n) is 11.8. The number of carbonyl (C=O) groups is 1. The van der Waals surface area contributed by atoms with Crippen molar-refractivity contribution in [3.8, 4) is 5.75 Å². The van der Waals surface area contributed by atoms with Crippen LogP contribution in [0.25, 0.3) is 0 Å². The molecule has 1 aliphatic rings. The Morgan fingerprint density at radius 3 is 2.29 bits per heavy atom. The van der Waals surface area contributed by atoms with Crippen LogP contribution in [0.2, 0.25) is 0 Å². The number of amides is 1. The molecule has 1 heterocycles. The number of aryl methyl sites for hydroxylation is 1. The number of rotatable bonds is 5. The number of carbonyl (C=O) groups excluding carboxylic acids is 1. The molecule has 1 fully saturated rings. The van der Waals surface area contributed by atoms with Crippen molar-refractivity contribution in [2.24, 2.45) is 0 Å². The predicted molar refractivity (Wildman–Crippen MR) is 149 cm³/mol. The minimum absolute atomic E-state index is 0.0400. The summed E-state index contributed by atoms with van der Waals surface area (Å²) in [4.78, 5) is 19.9. The highest BCUT2D eigenvalue weighted by Crippen LogP contribution is 2.34. The SMILES string of the molecule is C=S.Cc1ccc(N(C)C(=O)c2cccc(C(c3cccc(O)c3)N3CCN(C)CC3C)c2)cc1. The third kappa shape index (κ3) is 6.34. The number of aromatic hydroxyl groups is 1. The molecule has 184 valence electrons. The Balaban J connectivity index is 0.00000167. The molecule has 0 bridgehead atoms. The fourth-order valence-corrected chi connectivity index (χ4v) is 4.73. The van der Waals surface area contributed by atoms with Gasteiger partial charge in [0.1, 0.15) is 5.75 Å². The van der Waals surface area contributed by atoms with Gasteiger partial charge in [-0.15, -0.1) is 0 Å². The van der Waals surface area contributed by atoms with Crippen molar-refractivity contribution in [2.45, 2.75) is 25.9 Å². The molecule has 0 aromatic heterocycles. The van der Waals surface area contributed by atoms with E-state index in [0.29, 0.717) is 11.6 Å². The summed E-state index contributed by atoms with van der Waals surface area (Å²) in [5.74, 6) is 3.05. The maximum atomic E-state index is 13.3. The molecule has 2 unspecified atom stereocenters. The molecule has 0 saturated carbocycles. The van der Waals surface area contributed by atoms with Crippen LogP contribution in [-0.2, 0) is 0 Å². The maximum absolute atomic E-state index is 13.3. The molecular formula is C29H35N3O2S. The van der Waals surface area contributed by atoms with E-state index in [2.05, 4.69) is 54.0 Å². The number of benzene rings is 3. The van der Waals surface area contributed by atoms with E-state index < -0.39 is 0 Å². The van der Waals surface area contributed by atoms with Crippen LogP contribution in [-0.4, -0.2) is 66.5 Å². The molecule has 0 spiro atoms. The van der Waals surface area contributed by atoms with Gasteiger partial charge < -0.3 is 14.9 Å². The van der Waals surface area contributed by atoms with Crippen molar-refractivity contribution in [1.82, 2.24) is 9.80 Å². The number of anilines is 1. The van der Waals surface area contributed by atoms with Gasteiger partial charge in [0.2, 0.25) is 0 Å². The molecule has 35 heavy (non-hydrogen) atoms. The van der Waals surface area contributed by atoms with E-state index in [9.17, 15) is 9.90 Å².